The van der Waals surface area contributed by atoms with E-state index >= 15 is 0 Å². The Hall–Kier alpha value is -3.33. The Bertz CT molecular complexity index is 1110. The van der Waals surface area contributed by atoms with Gasteiger partial charge in [-0.1, -0.05) is 93.1 Å². The summed E-state index contributed by atoms with van der Waals surface area (Å²) in [5.41, 5.74) is 7.51. The van der Waals surface area contributed by atoms with Crippen LogP contribution in [0.1, 0.15) is 54.7 Å². The third-order valence-corrected chi connectivity index (χ3v) is 6.31. The van der Waals surface area contributed by atoms with Crippen LogP contribution in [0.5, 0.6) is 0 Å². The molecule has 1 aliphatic heterocycles. The highest BCUT2D eigenvalue weighted by molar-refractivity contribution is 5.92. The predicted molar refractivity (Wildman–Crippen MR) is 127 cm³/mol. The van der Waals surface area contributed by atoms with E-state index in [2.05, 4.69) is 60.9 Å². The molecule has 1 saturated carbocycles. The molecule has 0 amide bonds. The molecule has 0 unspecified atom stereocenters. The summed E-state index contributed by atoms with van der Waals surface area (Å²) in [6.45, 7) is 8.30. The van der Waals surface area contributed by atoms with Crippen LogP contribution in [0.4, 0.5) is 5.82 Å². The van der Waals surface area contributed by atoms with Gasteiger partial charge < -0.3 is 5.32 Å². The molecule has 2 heterocycles. The van der Waals surface area contributed by atoms with Crippen LogP contribution in [0.25, 0.3) is 28.7 Å². The van der Waals surface area contributed by atoms with Crippen molar-refractivity contribution < 1.29 is 0 Å². The number of rotatable bonds is 4. The first-order valence-corrected chi connectivity index (χ1v) is 10.8. The number of nitrogens with one attached hydrogen (secondary N) is 1. The van der Waals surface area contributed by atoms with Crippen molar-refractivity contribution in [3.05, 3.63) is 90.5 Å². The van der Waals surface area contributed by atoms with Gasteiger partial charge in [0.25, 0.3) is 0 Å². The first kappa shape index (κ1) is 18.7. The van der Waals surface area contributed by atoms with Crippen LogP contribution in [-0.2, 0) is 0 Å². The molecule has 3 aromatic rings. The maximum atomic E-state index is 4.82. The van der Waals surface area contributed by atoms with E-state index in [1.807, 2.05) is 29.0 Å². The molecule has 30 heavy (non-hydrogen) atoms. The minimum atomic E-state index is 0.721. The second-order valence-corrected chi connectivity index (χ2v) is 8.22. The summed E-state index contributed by atoms with van der Waals surface area (Å²) in [6, 6.07) is 19.3. The number of nitrogens with zero attached hydrogens (tertiary/aromatic N) is 2. The maximum absolute atomic E-state index is 4.82. The van der Waals surface area contributed by atoms with E-state index in [-0.39, 0.29) is 0 Å². The summed E-state index contributed by atoms with van der Waals surface area (Å²) in [6.07, 6.45) is 10.7. The lowest BCUT2D eigenvalue weighted by Gasteiger charge is -2.23. The molecule has 1 fully saturated rings. The monoisotopic (exact) mass is 393 g/mol. The maximum Gasteiger partial charge on any atom is 0.142 e. The van der Waals surface area contributed by atoms with Crippen molar-refractivity contribution >= 4 is 23.3 Å². The summed E-state index contributed by atoms with van der Waals surface area (Å²) in [4.78, 5) is 0. The third-order valence-electron chi connectivity index (χ3n) is 6.31. The molecule has 0 bridgehead atoms. The van der Waals surface area contributed by atoms with Crippen LogP contribution in [0, 0.1) is 0 Å². The van der Waals surface area contributed by atoms with Gasteiger partial charge >= 0.3 is 0 Å². The lowest BCUT2D eigenvalue weighted by Crippen LogP contribution is -2.12. The molecule has 150 valence electrons. The molecule has 1 N–H and O–H groups in total. The van der Waals surface area contributed by atoms with Crippen molar-refractivity contribution in [2.24, 2.45) is 0 Å². The Morgan fingerprint density at radius 1 is 0.933 bits per heavy atom. The first-order valence-electron chi connectivity index (χ1n) is 10.8. The summed E-state index contributed by atoms with van der Waals surface area (Å²) in [5, 5.41) is 8.40. The molecule has 0 saturated heterocycles. The minimum absolute atomic E-state index is 0.721. The van der Waals surface area contributed by atoms with E-state index in [1.165, 1.54) is 43.2 Å². The van der Waals surface area contributed by atoms with E-state index in [1.54, 1.807) is 0 Å². The Morgan fingerprint density at radius 3 is 2.37 bits per heavy atom. The molecule has 0 spiro atoms. The van der Waals surface area contributed by atoms with E-state index in [4.69, 9.17) is 5.10 Å². The van der Waals surface area contributed by atoms with Crippen LogP contribution in [0.2, 0.25) is 0 Å². The Kier molecular flexibility index (Phi) is 4.88. The second kappa shape index (κ2) is 7.83. The van der Waals surface area contributed by atoms with Crippen molar-refractivity contribution in [3.8, 4) is 11.3 Å². The summed E-state index contributed by atoms with van der Waals surface area (Å²) in [5.74, 6) is 1.64. The SMILES string of the molecule is C=Cc1c(-c2ccccc2)nn2c1NC(c1ccc(C3CCCCC3)cc1)=CC2=C. The number of aromatic nitrogens is 2. The Morgan fingerprint density at radius 2 is 1.67 bits per heavy atom. The molecule has 3 nitrogen and oxygen atoms in total. The fourth-order valence-corrected chi connectivity index (χ4v) is 4.68. The van der Waals surface area contributed by atoms with Gasteiger partial charge in [-0.2, -0.15) is 5.10 Å². The van der Waals surface area contributed by atoms with Gasteiger partial charge in [-0.3, -0.25) is 0 Å². The molecule has 2 aliphatic rings. The lowest BCUT2D eigenvalue weighted by atomic mass is 9.84. The van der Waals surface area contributed by atoms with Crippen molar-refractivity contribution in [2.45, 2.75) is 38.0 Å². The minimum Gasteiger partial charge on any atom is -0.339 e. The Labute approximate surface area is 178 Å². The molecule has 3 heteroatoms. The highest BCUT2D eigenvalue weighted by atomic mass is 15.4. The van der Waals surface area contributed by atoms with Crippen LogP contribution in [-0.4, -0.2) is 9.78 Å². The normalized spacial score (nSPS) is 16.5. The quantitative estimate of drug-likeness (QED) is 0.509. The standard InChI is InChI=1S/C27H27N3/c1-3-24-26(23-12-8-5-9-13-23)29-30-19(2)18-25(28-27(24)30)22-16-14-21(15-17-22)20-10-6-4-7-11-20/h3,5,8-9,12-18,20,28H,1-2,4,6-7,10-11H2. The lowest BCUT2D eigenvalue weighted by molar-refractivity contribution is 0.443. The zero-order chi connectivity index (χ0) is 20.5. The average molecular weight is 394 g/mol. The van der Waals surface area contributed by atoms with Gasteiger partial charge in [-0.05, 0) is 36.0 Å². The number of fused-ring (bicyclic) bond motifs is 1. The van der Waals surface area contributed by atoms with E-state index in [0.29, 0.717) is 0 Å². The summed E-state index contributed by atoms with van der Waals surface area (Å²) < 4.78 is 1.87. The topological polar surface area (TPSA) is 29.9 Å². The van der Waals surface area contributed by atoms with E-state index in [0.717, 1.165) is 40.0 Å². The predicted octanol–water partition coefficient (Wildman–Crippen LogP) is 7.18. The van der Waals surface area contributed by atoms with E-state index in [9.17, 15) is 0 Å². The molecule has 0 radical (unpaired) electrons. The molecule has 2 aromatic carbocycles. The largest absolute Gasteiger partial charge is 0.339 e. The zero-order valence-electron chi connectivity index (χ0n) is 17.3. The number of hydrogen-bond donors (Lipinski definition) is 1. The summed E-state index contributed by atoms with van der Waals surface area (Å²) >= 11 is 0. The van der Waals surface area contributed by atoms with Gasteiger partial charge in [0.15, 0.2) is 0 Å². The fourth-order valence-electron chi connectivity index (χ4n) is 4.68. The number of hydrogen-bond acceptors (Lipinski definition) is 2. The highest BCUT2D eigenvalue weighted by Crippen LogP contribution is 2.38. The third kappa shape index (κ3) is 3.30. The molecular formula is C27H27N3. The van der Waals surface area contributed by atoms with Gasteiger partial charge in [-0.25, -0.2) is 4.68 Å². The zero-order valence-corrected chi connectivity index (χ0v) is 17.3. The molecule has 5 rings (SSSR count). The molecular weight excluding hydrogens is 366 g/mol. The molecule has 0 atom stereocenters. The fraction of sp³-hybridized carbons (Fsp3) is 0.222. The van der Waals surface area contributed by atoms with Gasteiger partial charge in [-0.15, -0.1) is 0 Å². The van der Waals surface area contributed by atoms with Crippen molar-refractivity contribution in [1.29, 1.82) is 0 Å². The van der Waals surface area contributed by atoms with Gasteiger partial charge in [0.05, 0.1) is 5.70 Å². The van der Waals surface area contributed by atoms with Crippen molar-refractivity contribution in [2.75, 3.05) is 5.32 Å². The highest BCUT2D eigenvalue weighted by Gasteiger charge is 2.23. The smallest absolute Gasteiger partial charge is 0.142 e. The molecule has 1 aromatic heterocycles. The van der Waals surface area contributed by atoms with Crippen LogP contribution in [0.15, 0.2) is 73.8 Å². The van der Waals surface area contributed by atoms with Gasteiger partial charge in [0.2, 0.25) is 0 Å². The number of benzene rings is 2. The molecule has 1 aliphatic carbocycles. The average Bonchev–Trinajstić information content (AvgIpc) is 3.19. The van der Waals surface area contributed by atoms with Crippen LogP contribution in [0.3, 0.4) is 0 Å². The Balaban J connectivity index is 1.46. The first-order chi connectivity index (χ1) is 14.7. The van der Waals surface area contributed by atoms with E-state index < -0.39 is 0 Å². The number of anilines is 1. The second-order valence-electron chi connectivity index (χ2n) is 8.22. The van der Waals surface area contributed by atoms with Crippen molar-refractivity contribution in [1.82, 2.24) is 9.78 Å². The van der Waals surface area contributed by atoms with Crippen LogP contribution >= 0.6 is 0 Å². The van der Waals surface area contributed by atoms with Crippen molar-refractivity contribution in [3.63, 3.8) is 0 Å². The van der Waals surface area contributed by atoms with Gasteiger partial charge in [0.1, 0.15) is 11.5 Å². The van der Waals surface area contributed by atoms with Gasteiger partial charge in [0, 0.05) is 16.8 Å². The summed E-state index contributed by atoms with van der Waals surface area (Å²) in [7, 11) is 0. The van der Waals surface area contributed by atoms with Crippen LogP contribution < -0.4 is 5.32 Å². The number of allylic oxidation sites excluding steroid dienone is 2.